The van der Waals surface area contributed by atoms with Gasteiger partial charge in [0.2, 0.25) is 5.95 Å². The van der Waals surface area contributed by atoms with Gasteiger partial charge in [0.25, 0.3) is 0 Å². The van der Waals surface area contributed by atoms with Gasteiger partial charge >= 0.3 is 0 Å². The minimum atomic E-state index is -0.156. The largest absolute Gasteiger partial charge is 0.308 e. The summed E-state index contributed by atoms with van der Waals surface area (Å²) < 4.78 is 4.81. The van der Waals surface area contributed by atoms with Crippen LogP contribution in [0.15, 0.2) is 133 Å². The number of hydrogen-bond acceptors (Lipinski definition) is 2. The van der Waals surface area contributed by atoms with Gasteiger partial charge in [0.1, 0.15) is 0 Å². The van der Waals surface area contributed by atoms with E-state index < -0.39 is 0 Å². The highest BCUT2D eigenvalue weighted by Gasteiger charge is 2.35. The first-order valence-corrected chi connectivity index (χ1v) is 17.0. The third kappa shape index (κ3) is 3.02. The summed E-state index contributed by atoms with van der Waals surface area (Å²) in [5, 5.41) is 11.1. The topological polar surface area (TPSA) is 35.1 Å². The number of aromatic nitrogens is 4. The fourth-order valence-electron chi connectivity index (χ4n) is 9.28. The first-order valence-electron chi connectivity index (χ1n) is 17.0. The highest BCUT2D eigenvalue weighted by Crippen LogP contribution is 2.50. The van der Waals surface area contributed by atoms with Crippen molar-refractivity contribution in [2.45, 2.75) is 19.3 Å². The van der Waals surface area contributed by atoms with Crippen LogP contribution in [0.25, 0.3) is 98.8 Å². The average Bonchev–Trinajstić information content (AvgIpc) is 3.77. The molecule has 12 rings (SSSR count). The van der Waals surface area contributed by atoms with E-state index in [2.05, 4.69) is 156 Å². The van der Waals surface area contributed by atoms with Gasteiger partial charge in [0.05, 0.1) is 38.8 Å². The van der Waals surface area contributed by atoms with E-state index in [1.165, 1.54) is 76.3 Å². The molecule has 4 heterocycles. The van der Waals surface area contributed by atoms with E-state index in [1.807, 2.05) is 0 Å². The Morgan fingerprint density at radius 1 is 0.490 bits per heavy atom. The second-order valence-corrected chi connectivity index (χ2v) is 14.2. The number of hydrogen-bond donors (Lipinski definition) is 0. The highest BCUT2D eigenvalue weighted by atomic mass is 15.2. The van der Waals surface area contributed by atoms with Crippen molar-refractivity contribution in [2.75, 3.05) is 0 Å². The number of rotatable bonds is 1. The van der Waals surface area contributed by atoms with Gasteiger partial charge < -0.3 is 4.40 Å². The molecule has 1 aliphatic rings. The third-order valence-corrected chi connectivity index (χ3v) is 11.4. The molecule has 0 radical (unpaired) electrons. The fraction of sp³-hybridized carbons (Fsp3) is 0.0667. The van der Waals surface area contributed by atoms with E-state index in [0.29, 0.717) is 5.95 Å². The highest BCUT2D eigenvalue weighted by molar-refractivity contribution is 6.36. The lowest BCUT2D eigenvalue weighted by Crippen LogP contribution is -2.24. The minimum Gasteiger partial charge on any atom is -0.308 e. The Labute approximate surface area is 280 Å². The van der Waals surface area contributed by atoms with E-state index in [1.54, 1.807) is 0 Å². The van der Waals surface area contributed by atoms with Crippen molar-refractivity contribution in [2.24, 2.45) is 0 Å². The molecule has 1 aliphatic carbocycles. The first kappa shape index (κ1) is 25.8. The monoisotopic (exact) mass is 624 g/mol. The predicted octanol–water partition coefficient (Wildman–Crippen LogP) is 11.3. The molecule has 0 saturated heterocycles. The molecule has 11 aromatic rings. The maximum Gasteiger partial charge on any atom is 0.235 e. The Bertz CT molecular complexity index is 3250. The van der Waals surface area contributed by atoms with E-state index in [0.717, 1.165) is 27.6 Å². The number of para-hydroxylation sites is 2. The summed E-state index contributed by atoms with van der Waals surface area (Å²) in [6.45, 7) is 4.64. The smallest absolute Gasteiger partial charge is 0.235 e. The number of nitrogens with zero attached hydrogens (tertiary/aromatic N) is 4. The van der Waals surface area contributed by atoms with Crippen molar-refractivity contribution in [1.82, 2.24) is 18.9 Å². The van der Waals surface area contributed by atoms with E-state index in [4.69, 9.17) is 9.97 Å². The second-order valence-electron chi connectivity index (χ2n) is 14.2. The Morgan fingerprint density at radius 2 is 1.18 bits per heavy atom. The molecule has 0 fully saturated rings. The summed E-state index contributed by atoms with van der Waals surface area (Å²) in [6, 6.07) is 48.8. The maximum absolute atomic E-state index is 5.55. The lowest BCUT2D eigenvalue weighted by atomic mass is 9.70. The maximum atomic E-state index is 5.55. The fourth-order valence-corrected chi connectivity index (χ4v) is 9.28. The van der Waals surface area contributed by atoms with Crippen LogP contribution in [-0.2, 0) is 5.41 Å². The zero-order valence-corrected chi connectivity index (χ0v) is 27.0. The van der Waals surface area contributed by atoms with Crippen LogP contribution in [0, 0.1) is 0 Å². The Hall–Kier alpha value is -6.26. The molecule has 0 bridgehead atoms. The van der Waals surface area contributed by atoms with Crippen molar-refractivity contribution in [3.8, 4) is 17.2 Å². The SMILES string of the molecule is CC1(C)c2ccccc2-c2nc(-n3c4cc5ccccc5cc4c4c5c6ccccc6n6c7ccccc7c(cc43)c56)nc3cccc1c23. The van der Waals surface area contributed by atoms with E-state index in [9.17, 15) is 0 Å². The van der Waals surface area contributed by atoms with Crippen molar-refractivity contribution in [3.05, 3.63) is 145 Å². The van der Waals surface area contributed by atoms with Gasteiger partial charge in [-0.1, -0.05) is 111 Å². The Balaban J connectivity index is 1.33. The van der Waals surface area contributed by atoms with Crippen LogP contribution in [0.4, 0.5) is 0 Å². The second kappa shape index (κ2) is 8.60. The van der Waals surface area contributed by atoms with Crippen LogP contribution in [0.2, 0.25) is 0 Å². The molecule has 49 heavy (non-hydrogen) atoms. The summed E-state index contributed by atoms with van der Waals surface area (Å²) in [7, 11) is 0. The summed E-state index contributed by atoms with van der Waals surface area (Å²) in [6.07, 6.45) is 0. The normalized spacial score (nSPS) is 14.1. The first-order chi connectivity index (χ1) is 24.1. The number of benzene rings is 7. The zero-order valence-electron chi connectivity index (χ0n) is 27.0. The molecule has 0 N–H and O–H groups in total. The van der Waals surface area contributed by atoms with Crippen LogP contribution in [0.5, 0.6) is 0 Å². The molecule has 4 heteroatoms. The minimum absolute atomic E-state index is 0.156. The van der Waals surface area contributed by atoms with Crippen LogP contribution in [0.3, 0.4) is 0 Å². The van der Waals surface area contributed by atoms with Crippen LogP contribution < -0.4 is 0 Å². The molecule has 228 valence electrons. The number of fused-ring (bicyclic) bond motifs is 13. The molecule has 0 amide bonds. The molecule has 0 unspecified atom stereocenters. The summed E-state index contributed by atoms with van der Waals surface area (Å²) in [4.78, 5) is 11.0. The van der Waals surface area contributed by atoms with Crippen LogP contribution in [-0.4, -0.2) is 18.9 Å². The van der Waals surface area contributed by atoms with Gasteiger partial charge in [-0.05, 0) is 58.3 Å². The molecule has 4 aromatic heterocycles. The summed E-state index contributed by atoms with van der Waals surface area (Å²) in [5.74, 6) is 0.700. The van der Waals surface area contributed by atoms with Gasteiger partial charge in [-0.25, -0.2) is 9.97 Å². The van der Waals surface area contributed by atoms with E-state index in [-0.39, 0.29) is 5.41 Å². The molecule has 0 aliphatic heterocycles. The molecular weight excluding hydrogens is 597 g/mol. The van der Waals surface area contributed by atoms with Crippen molar-refractivity contribution >= 4 is 81.6 Å². The van der Waals surface area contributed by atoms with Gasteiger partial charge in [-0.2, -0.15) is 0 Å². The van der Waals surface area contributed by atoms with Crippen LogP contribution >= 0.6 is 0 Å². The molecule has 0 saturated carbocycles. The van der Waals surface area contributed by atoms with E-state index >= 15 is 0 Å². The van der Waals surface area contributed by atoms with Gasteiger partial charge in [0.15, 0.2) is 0 Å². The van der Waals surface area contributed by atoms with Crippen LogP contribution in [0.1, 0.15) is 25.0 Å². The van der Waals surface area contributed by atoms with Gasteiger partial charge in [0, 0.05) is 48.7 Å². The molecular formula is C45H28N4. The average molecular weight is 625 g/mol. The lowest BCUT2D eigenvalue weighted by Gasteiger charge is -2.34. The lowest BCUT2D eigenvalue weighted by molar-refractivity contribution is 0.643. The zero-order chi connectivity index (χ0) is 32.2. The molecule has 4 nitrogen and oxygen atoms in total. The van der Waals surface area contributed by atoms with Gasteiger partial charge in [-0.15, -0.1) is 0 Å². The quantitative estimate of drug-likeness (QED) is 0.182. The molecule has 7 aromatic carbocycles. The van der Waals surface area contributed by atoms with Crippen molar-refractivity contribution in [1.29, 1.82) is 0 Å². The Morgan fingerprint density at radius 3 is 2.04 bits per heavy atom. The summed E-state index contributed by atoms with van der Waals surface area (Å²) >= 11 is 0. The standard InChI is InChI=1S/C45H28N4/c1-45(2)32-17-8-5-15-28(32)42-41-33(45)18-11-19-34(41)46-44(47-42)49-37-23-26-13-4-3-12-25(26)22-31(37)39-38(49)24-30-27-14-6-9-20-35(27)48-36-21-10-7-16-29(36)40(39)43(30)48/h3-24H,1-2H3. The third-order valence-electron chi connectivity index (χ3n) is 11.4. The summed E-state index contributed by atoms with van der Waals surface area (Å²) in [5.41, 5.74) is 11.6. The molecule has 0 spiro atoms. The predicted molar refractivity (Wildman–Crippen MR) is 204 cm³/mol. The Kier molecular flexibility index (Phi) is 4.53. The van der Waals surface area contributed by atoms with Crippen molar-refractivity contribution < 1.29 is 0 Å². The molecule has 0 atom stereocenters. The van der Waals surface area contributed by atoms with Gasteiger partial charge in [-0.3, -0.25) is 4.57 Å². The van der Waals surface area contributed by atoms with Crippen molar-refractivity contribution in [3.63, 3.8) is 0 Å².